The first-order valence-electron chi connectivity index (χ1n) is 6.79. The average molecular weight is 280 g/mol. The fraction of sp³-hybridized carbons (Fsp3) is 1.00. The summed E-state index contributed by atoms with van der Waals surface area (Å²) in [4.78, 5) is 0. The molecule has 0 atom stereocenters. The summed E-state index contributed by atoms with van der Waals surface area (Å²) in [5.74, 6) is 0.227. The van der Waals surface area contributed by atoms with Crippen molar-refractivity contribution in [1.29, 1.82) is 0 Å². The molecule has 2 N–H and O–H groups in total. The molecule has 0 aliphatic carbocycles. The Bertz CT molecular complexity index is 268. The Morgan fingerprint density at radius 3 is 2.39 bits per heavy atom. The number of methoxy groups -OCH3 is 1. The van der Waals surface area contributed by atoms with Gasteiger partial charge in [-0.05, 0) is 45.2 Å². The third kappa shape index (κ3) is 12.3. The second kappa shape index (κ2) is 11.9. The summed E-state index contributed by atoms with van der Waals surface area (Å²) in [6.07, 6.45) is 4.45. The number of rotatable bonds is 13. The normalized spacial score (nSPS) is 11.9. The minimum atomic E-state index is -3.08. The number of hydrogen-bond donors (Lipinski definition) is 2. The van der Waals surface area contributed by atoms with Gasteiger partial charge in [-0.1, -0.05) is 6.92 Å². The highest BCUT2D eigenvalue weighted by atomic mass is 32.2. The second-order valence-electron chi connectivity index (χ2n) is 4.37. The van der Waals surface area contributed by atoms with E-state index in [-0.39, 0.29) is 5.75 Å². The van der Waals surface area contributed by atoms with Gasteiger partial charge in [-0.15, -0.1) is 0 Å². The molecule has 0 fully saturated rings. The maximum Gasteiger partial charge on any atom is 0.211 e. The summed E-state index contributed by atoms with van der Waals surface area (Å²) in [6, 6.07) is 0. The lowest BCUT2D eigenvalue weighted by atomic mass is 10.3. The lowest BCUT2D eigenvalue weighted by Gasteiger charge is -2.07. The Balaban J connectivity index is 3.43. The second-order valence-corrected chi connectivity index (χ2v) is 6.30. The highest BCUT2D eigenvalue weighted by Crippen LogP contribution is 1.95. The van der Waals surface area contributed by atoms with Crippen LogP contribution in [0, 0.1) is 0 Å². The van der Waals surface area contributed by atoms with Crippen molar-refractivity contribution in [3.63, 3.8) is 0 Å². The molecule has 0 heterocycles. The van der Waals surface area contributed by atoms with Crippen LogP contribution in [-0.4, -0.2) is 47.5 Å². The summed E-state index contributed by atoms with van der Waals surface area (Å²) in [6.45, 7) is 5.22. The molecule has 0 aromatic carbocycles. The molecule has 0 radical (unpaired) electrons. The first-order chi connectivity index (χ1) is 8.62. The van der Waals surface area contributed by atoms with Gasteiger partial charge in [-0.25, -0.2) is 13.1 Å². The smallest absolute Gasteiger partial charge is 0.211 e. The molecule has 0 saturated carbocycles. The van der Waals surface area contributed by atoms with E-state index >= 15 is 0 Å². The molecule has 0 spiro atoms. The van der Waals surface area contributed by atoms with Crippen LogP contribution in [0.5, 0.6) is 0 Å². The van der Waals surface area contributed by atoms with Crippen molar-refractivity contribution in [1.82, 2.24) is 10.0 Å². The van der Waals surface area contributed by atoms with Gasteiger partial charge in [-0.3, -0.25) is 0 Å². The maximum atomic E-state index is 11.6. The Morgan fingerprint density at radius 2 is 1.72 bits per heavy atom. The Morgan fingerprint density at radius 1 is 1.00 bits per heavy atom. The minimum absolute atomic E-state index is 0.227. The van der Waals surface area contributed by atoms with Gasteiger partial charge >= 0.3 is 0 Å². The Hall–Kier alpha value is -0.170. The molecule has 0 aliphatic heterocycles. The van der Waals surface area contributed by atoms with Crippen molar-refractivity contribution in [2.24, 2.45) is 0 Å². The van der Waals surface area contributed by atoms with Crippen molar-refractivity contribution in [2.45, 2.75) is 39.0 Å². The van der Waals surface area contributed by atoms with E-state index in [2.05, 4.69) is 17.0 Å². The van der Waals surface area contributed by atoms with Crippen LogP contribution in [0.15, 0.2) is 0 Å². The minimum Gasteiger partial charge on any atom is -0.385 e. The molecule has 0 rings (SSSR count). The van der Waals surface area contributed by atoms with E-state index < -0.39 is 10.0 Å². The molecule has 0 aliphatic rings. The highest BCUT2D eigenvalue weighted by Gasteiger charge is 2.08. The predicted molar refractivity (Wildman–Crippen MR) is 75.3 cm³/mol. The van der Waals surface area contributed by atoms with Gasteiger partial charge in [0.2, 0.25) is 10.0 Å². The van der Waals surface area contributed by atoms with Crippen molar-refractivity contribution in [2.75, 3.05) is 39.1 Å². The van der Waals surface area contributed by atoms with Gasteiger partial charge in [0.1, 0.15) is 0 Å². The van der Waals surface area contributed by atoms with E-state index in [9.17, 15) is 8.42 Å². The summed E-state index contributed by atoms with van der Waals surface area (Å²) >= 11 is 0. The topological polar surface area (TPSA) is 67.4 Å². The molecular formula is C12H28N2O3S. The van der Waals surface area contributed by atoms with E-state index in [4.69, 9.17) is 4.74 Å². The SMILES string of the molecule is CCCNCCCCS(=O)(=O)NCCCCOC. The standard InChI is InChI=1S/C12H28N2O3S/c1-3-8-13-9-5-7-12-18(15,16)14-10-4-6-11-17-2/h13-14H,3-12H2,1-2H3. The Kier molecular flexibility index (Phi) is 11.8. The molecule has 0 amide bonds. The van der Waals surface area contributed by atoms with E-state index in [0.717, 1.165) is 38.8 Å². The number of sulfonamides is 1. The van der Waals surface area contributed by atoms with Crippen LogP contribution >= 0.6 is 0 Å². The third-order valence-electron chi connectivity index (χ3n) is 2.54. The van der Waals surface area contributed by atoms with Crippen molar-refractivity contribution in [3.05, 3.63) is 0 Å². The van der Waals surface area contributed by atoms with Crippen molar-refractivity contribution in [3.8, 4) is 0 Å². The molecular weight excluding hydrogens is 252 g/mol. The van der Waals surface area contributed by atoms with Crippen molar-refractivity contribution >= 4 is 10.0 Å². The summed E-state index contributed by atoms with van der Waals surface area (Å²) in [7, 11) is -1.43. The van der Waals surface area contributed by atoms with Gasteiger partial charge in [0.05, 0.1) is 5.75 Å². The zero-order valence-electron chi connectivity index (χ0n) is 11.7. The zero-order chi connectivity index (χ0) is 13.7. The Labute approximate surface area is 112 Å². The average Bonchev–Trinajstić information content (AvgIpc) is 2.33. The van der Waals surface area contributed by atoms with Gasteiger partial charge in [0, 0.05) is 20.3 Å². The maximum absolute atomic E-state index is 11.6. The van der Waals surface area contributed by atoms with E-state index in [1.165, 1.54) is 0 Å². The van der Waals surface area contributed by atoms with Crippen LogP contribution in [0.4, 0.5) is 0 Å². The summed E-state index contributed by atoms with van der Waals surface area (Å²) < 4.78 is 30.7. The first-order valence-corrected chi connectivity index (χ1v) is 8.44. The molecule has 18 heavy (non-hydrogen) atoms. The van der Waals surface area contributed by atoms with Crippen LogP contribution in [0.3, 0.4) is 0 Å². The van der Waals surface area contributed by atoms with Crippen molar-refractivity contribution < 1.29 is 13.2 Å². The van der Waals surface area contributed by atoms with Crippen LogP contribution in [-0.2, 0) is 14.8 Å². The number of ether oxygens (including phenoxy) is 1. The molecule has 0 aromatic rings. The largest absolute Gasteiger partial charge is 0.385 e. The van der Waals surface area contributed by atoms with E-state index in [1.54, 1.807) is 7.11 Å². The fourth-order valence-corrected chi connectivity index (χ4v) is 2.70. The number of unbranched alkanes of at least 4 members (excludes halogenated alkanes) is 2. The van der Waals surface area contributed by atoms with Gasteiger partial charge in [0.25, 0.3) is 0 Å². The lowest BCUT2D eigenvalue weighted by Crippen LogP contribution is -2.28. The van der Waals surface area contributed by atoms with Crippen LogP contribution < -0.4 is 10.0 Å². The van der Waals surface area contributed by atoms with Gasteiger partial charge < -0.3 is 10.1 Å². The van der Waals surface area contributed by atoms with Gasteiger partial charge in [0.15, 0.2) is 0 Å². The van der Waals surface area contributed by atoms with Gasteiger partial charge in [-0.2, -0.15) is 0 Å². The molecule has 5 nitrogen and oxygen atoms in total. The molecule has 0 saturated heterocycles. The fourth-order valence-electron chi connectivity index (χ4n) is 1.52. The third-order valence-corrected chi connectivity index (χ3v) is 4.01. The highest BCUT2D eigenvalue weighted by molar-refractivity contribution is 7.89. The molecule has 0 unspecified atom stereocenters. The molecule has 110 valence electrons. The quantitative estimate of drug-likeness (QED) is 0.496. The number of nitrogens with one attached hydrogen (secondary N) is 2. The predicted octanol–water partition coefficient (Wildman–Crippen LogP) is 1.11. The first kappa shape index (κ1) is 17.8. The van der Waals surface area contributed by atoms with E-state index in [0.29, 0.717) is 19.6 Å². The monoisotopic (exact) mass is 280 g/mol. The molecule has 0 bridgehead atoms. The molecule has 6 heteroatoms. The van der Waals surface area contributed by atoms with Crippen LogP contribution in [0.1, 0.15) is 39.0 Å². The summed E-state index contributed by atoms with van der Waals surface area (Å²) in [5, 5.41) is 3.26. The van der Waals surface area contributed by atoms with E-state index in [1.807, 2.05) is 0 Å². The zero-order valence-corrected chi connectivity index (χ0v) is 12.5. The number of hydrogen-bond acceptors (Lipinski definition) is 4. The summed E-state index contributed by atoms with van der Waals surface area (Å²) in [5.41, 5.74) is 0. The molecule has 0 aromatic heterocycles. The van der Waals surface area contributed by atoms with Crippen LogP contribution in [0.2, 0.25) is 0 Å². The van der Waals surface area contributed by atoms with Crippen LogP contribution in [0.25, 0.3) is 0 Å². The lowest BCUT2D eigenvalue weighted by molar-refractivity contribution is 0.193.